The van der Waals surface area contributed by atoms with E-state index in [2.05, 4.69) is 30.7 Å². The average Bonchev–Trinajstić information content (AvgIpc) is 2.98. The molecule has 0 aliphatic heterocycles. The summed E-state index contributed by atoms with van der Waals surface area (Å²) in [4.78, 5) is 7.14. The summed E-state index contributed by atoms with van der Waals surface area (Å²) in [7, 11) is 0. The van der Waals surface area contributed by atoms with Gasteiger partial charge in [0.15, 0.2) is 0 Å². The fourth-order valence-electron chi connectivity index (χ4n) is 2.95. The molecule has 0 spiro atoms. The molecule has 4 nitrogen and oxygen atoms in total. The maximum atomic E-state index is 5.98. The molecule has 0 radical (unpaired) electrons. The number of aromatic nitrogens is 1. The molecule has 2 rings (SSSR count). The molecular weight excluding hydrogens is 262 g/mol. The van der Waals surface area contributed by atoms with Gasteiger partial charge in [-0.2, -0.15) is 4.98 Å². The lowest BCUT2D eigenvalue weighted by molar-refractivity contribution is 0.307. The van der Waals surface area contributed by atoms with Crippen molar-refractivity contribution >= 4 is 11.5 Å². The van der Waals surface area contributed by atoms with Gasteiger partial charge in [-0.25, -0.2) is 0 Å². The molecule has 1 aliphatic carbocycles. The number of nitrogens with two attached hydrogens (primary N) is 1. The zero-order chi connectivity index (χ0) is 15.2. The molecule has 0 saturated heterocycles. The zero-order valence-corrected chi connectivity index (χ0v) is 13.6. The first kappa shape index (κ1) is 15.9. The Kier molecular flexibility index (Phi) is 5.71. The minimum absolute atomic E-state index is 0.584. The van der Waals surface area contributed by atoms with Gasteiger partial charge >= 0.3 is 0 Å². The molecule has 0 unspecified atom stereocenters. The molecule has 0 aromatic carbocycles. The van der Waals surface area contributed by atoms with Gasteiger partial charge in [0.1, 0.15) is 5.82 Å². The van der Waals surface area contributed by atoms with E-state index >= 15 is 0 Å². The summed E-state index contributed by atoms with van der Waals surface area (Å²) in [6.45, 7) is 8.30. The molecule has 118 valence electrons. The second-order valence-electron chi connectivity index (χ2n) is 6.40. The quantitative estimate of drug-likeness (QED) is 0.829. The molecule has 4 heteroatoms. The Morgan fingerprint density at radius 2 is 2.05 bits per heavy atom. The topological polar surface area (TPSA) is 51.4 Å². The summed E-state index contributed by atoms with van der Waals surface area (Å²) in [5.74, 6) is 2.21. The highest BCUT2D eigenvalue weighted by Crippen LogP contribution is 2.30. The highest BCUT2D eigenvalue weighted by molar-refractivity contribution is 5.55. The van der Waals surface area contributed by atoms with Crippen LogP contribution in [-0.4, -0.2) is 24.2 Å². The number of nitrogens with zero attached hydrogens (tertiary/aromatic N) is 2. The second kappa shape index (κ2) is 7.53. The van der Waals surface area contributed by atoms with E-state index in [4.69, 9.17) is 10.5 Å². The van der Waals surface area contributed by atoms with Crippen molar-refractivity contribution in [2.75, 3.05) is 23.8 Å². The van der Waals surface area contributed by atoms with Crippen LogP contribution in [0.5, 0.6) is 5.88 Å². The van der Waals surface area contributed by atoms with Crippen LogP contribution in [0.15, 0.2) is 12.1 Å². The van der Waals surface area contributed by atoms with E-state index in [1.165, 1.54) is 25.7 Å². The lowest BCUT2D eigenvalue weighted by Crippen LogP contribution is -2.37. The van der Waals surface area contributed by atoms with Gasteiger partial charge in [0, 0.05) is 12.6 Å². The van der Waals surface area contributed by atoms with Crippen LogP contribution in [0.25, 0.3) is 0 Å². The van der Waals surface area contributed by atoms with E-state index in [0.29, 0.717) is 30.1 Å². The first-order valence-corrected chi connectivity index (χ1v) is 8.27. The minimum Gasteiger partial charge on any atom is -0.476 e. The summed E-state index contributed by atoms with van der Waals surface area (Å²) >= 11 is 0. The third-order valence-electron chi connectivity index (χ3n) is 3.94. The van der Waals surface area contributed by atoms with Crippen LogP contribution >= 0.6 is 0 Å². The largest absolute Gasteiger partial charge is 0.476 e. The fraction of sp³-hybridized carbons (Fsp3) is 0.706. The molecule has 2 N–H and O–H groups in total. The summed E-state index contributed by atoms with van der Waals surface area (Å²) in [5.41, 5.74) is 6.61. The Morgan fingerprint density at radius 3 is 2.67 bits per heavy atom. The molecule has 0 atom stereocenters. The minimum atomic E-state index is 0.584. The first-order valence-electron chi connectivity index (χ1n) is 8.27. The van der Waals surface area contributed by atoms with Gasteiger partial charge in [-0.1, -0.05) is 33.6 Å². The van der Waals surface area contributed by atoms with E-state index in [9.17, 15) is 0 Å². The fourth-order valence-corrected chi connectivity index (χ4v) is 2.95. The Morgan fingerprint density at radius 1 is 1.33 bits per heavy atom. The zero-order valence-electron chi connectivity index (χ0n) is 13.6. The standard InChI is InChI=1S/C17H29N3O/c1-4-11-21-17-15(18)9-10-16(19-17)20(12-13(2)3)14-7-5-6-8-14/h9-10,13-14H,4-8,11-12,18H2,1-3H3. The summed E-state index contributed by atoms with van der Waals surface area (Å²) < 4.78 is 5.68. The molecule has 1 fully saturated rings. The Hall–Kier alpha value is -1.45. The molecule has 1 saturated carbocycles. The first-order chi connectivity index (χ1) is 10.1. The summed E-state index contributed by atoms with van der Waals surface area (Å²) in [6.07, 6.45) is 6.15. The number of pyridine rings is 1. The van der Waals surface area contributed by atoms with Crippen molar-refractivity contribution in [2.45, 2.75) is 58.9 Å². The molecule has 1 heterocycles. The Balaban J connectivity index is 2.21. The van der Waals surface area contributed by atoms with Crippen molar-refractivity contribution in [3.05, 3.63) is 12.1 Å². The van der Waals surface area contributed by atoms with Crippen LogP contribution in [0, 0.1) is 5.92 Å². The molecule has 21 heavy (non-hydrogen) atoms. The maximum absolute atomic E-state index is 5.98. The number of ether oxygens (including phenoxy) is 1. The third kappa shape index (κ3) is 4.26. The van der Waals surface area contributed by atoms with Gasteiger partial charge in [0.2, 0.25) is 5.88 Å². The number of hydrogen-bond donors (Lipinski definition) is 1. The molecule has 1 aromatic heterocycles. The predicted octanol–water partition coefficient (Wildman–Crippen LogP) is 3.86. The van der Waals surface area contributed by atoms with Crippen molar-refractivity contribution in [3.63, 3.8) is 0 Å². The van der Waals surface area contributed by atoms with Crippen molar-refractivity contribution < 1.29 is 4.74 Å². The van der Waals surface area contributed by atoms with Crippen molar-refractivity contribution in [2.24, 2.45) is 5.92 Å². The summed E-state index contributed by atoms with van der Waals surface area (Å²) in [6, 6.07) is 4.58. The highest BCUT2D eigenvalue weighted by atomic mass is 16.5. The van der Waals surface area contributed by atoms with Crippen molar-refractivity contribution in [1.82, 2.24) is 4.98 Å². The molecule has 1 aliphatic rings. The van der Waals surface area contributed by atoms with E-state index in [1.807, 2.05) is 12.1 Å². The van der Waals surface area contributed by atoms with Crippen LogP contribution in [0.1, 0.15) is 52.9 Å². The van der Waals surface area contributed by atoms with Crippen LogP contribution in [0.3, 0.4) is 0 Å². The Labute approximate surface area is 128 Å². The highest BCUT2D eigenvalue weighted by Gasteiger charge is 2.25. The van der Waals surface area contributed by atoms with Gasteiger partial charge in [-0.15, -0.1) is 0 Å². The average molecular weight is 291 g/mol. The SMILES string of the molecule is CCCOc1nc(N(CC(C)C)C2CCCC2)ccc1N. The van der Waals surface area contributed by atoms with Crippen molar-refractivity contribution in [1.29, 1.82) is 0 Å². The van der Waals surface area contributed by atoms with E-state index in [-0.39, 0.29) is 0 Å². The van der Waals surface area contributed by atoms with Gasteiger partial charge in [-0.3, -0.25) is 0 Å². The van der Waals surface area contributed by atoms with Crippen LogP contribution in [0.2, 0.25) is 0 Å². The normalized spacial score (nSPS) is 15.6. The smallest absolute Gasteiger partial charge is 0.239 e. The lowest BCUT2D eigenvalue weighted by Gasteiger charge is -2.32. The Bertz CT molecular complexity index is 442. The lowest BCUT2D eigenvalue weighted by atomic mass is 10.1. The molecular formula is C17H29N3O. The van der Waals surface area contributed by atoms with Gasteiger partial charge in [0.25, 0.3) is 0 Å². The predicted molar refractivity (Wildman–Crippen MR) is 88.9 cm³/mol. The monoisotopic (exact) mass is 291 g/mol. The second-order valence-corrected chi connectivity index (χ2v) is 6.40. The number of rotatable bonds is 7. The maximum Gasteiger partial charge on any atom is 0.239 e. The van der Waals surface area contributed by atoms with Crippen LogP contribution < -0.4 is 15.4 Å². The van der Waals surface area contributed by atoms with Crippen molar-refractivity contribution in [3.8, 4) is 5.88 Å². The van der Waals surface area contributed by atoms with Gasteiger partial charge in [0.05, 0.1) is 12.3 Å². The number of hydrogen-bond acceptors (Lipinski definition) is 4. The van der Waals surface area contributed by atoms with E-state index in [1.54, 1.807) is 0 Å². The van der Waals surface area contributed by atoms with Gasteiger partial charge in [-0.05, 0) is 37.3 Å². The number of anilines is 2. The van der Waals surface area contributed by atoms with Crippen LogP contribution in [-0.2, 0) is 0 Å². The third-order valence-corrected chi connectivity index (χ3v) is 3.94. The molecule has 1 aromatic rings. The van der Waals surface area contributed by atoms with E-state index in [0.717, 1.165) is 18.8 Å². The van der Waals surface area contributed by atoms with Crippen LogP contribution in [0.4, 0.5) is 11.5 Å². The van der Waals surface area contributed by atoms with E-state index < -0.39 is 0 Å². The molecule has 0 bridgehead atoms. The van der Waals surface area contributed by atoms with Gasteiger partial charge < -0.3 is 15.4 Å². The number of nitrogen functional groups attached to an aromatic ring is 1. The molecule has 0 amide bonds. The summed E-state index contributed by atoms with van der Waals surface area (Å²) in [5, 5.41) is 0.